The first kappa shape index (κ1) is 14.9. The summed E-state index contributed by atoms with van der Waals surface area (Å²) in [6.45, 7) is 1.67. The summed E-state index contributed by atoms with van der Waals surface area (Å²) in [4.78, 5) is 15.2. The molecule has 2 rings (SSSR count). The largest absolute Gasteiger partial charge is 0.432 e. The van der Waals surface area contributed by atoms with Crippen molar-refractivity contribution in [2.75, 3.05) is 5.32 Å². The monoisotopic (exact) mass is 299 g/mol. The van der Waals surface area contributed by atoms with E-state index in [0.717, 1.165) is 0 Å². The Labute approximate surface area is 118 Å². The van der Waals surface area contributed by atoms with E-state index < -0.39 is 18.2 Å². The third kappa shape index (κ3) is 3.98. The highest BCUT2D eigenvalue weighted by atomic mass is 19.4. The van der Waals surface area contributed by atoms with Gasteiger partial charge in [-0.3, -0.25) is 5.32 Å². The number of alkyl halides is 3. The van der Waals surface area contributed by atoms with Gasteiger partial charge in [0.05, 0.1) is 6.20 Å². The van der Waals surface area contributed by atoms with Gasteiger partial charge in [0.1, 0.15) is 6.26 Å². The van der Waals surface area contributed by atoms with Crippen LogP contribution in [0, 0.1) is 6.92 Å². The fraction of sp³-hybridized carbons (Fsp3) is 0.231. The van der Waals surface area contributed by atoms with E-state index >= 15 is 0 Å². The van der Waals surface area contributed by atoms with Crippen LogP contribution >= 0.6 is 0 Å². The average molecular weight is 299 g/mol. The van der Waals surface area contributed by atoms with Crippen LogP contribution in [0.5, 0.6) is 0 Å². The van der Waals surface area contributed by atoms with Crippen molar-refractivity contribution in [1.29, 1.82) is 0 Å². The Morgan fingerprint density at radius 3 is 2.71 bits per heavy atom. The zero-order chi connectivity index (χ0) is 15.5. The number of aryl methyl sites for hydroxylation is 1. The third-order valence-corrected chi connectivity index (χ3v) is 2.63. The van der Waals surface area contributed by atoms with Crippen molar-refractivity contribution in [2.24, 2.45) is 0 Å². The Morgan fingerprint density at radius 2 is 2.14 bits per heavy atom. The molecule has 1 atom stereocenters. The van der Waals surface area contributed by atoms with Crippen molar-refractivity contribution in [3.05, 3.63) is 47.9 Å². The number of amides is 2. The van der Waals surface area contributed by atoms with Gasteiger partial charge >= 0.3 is 18.2 Å². The molecular weight excluding hydrogens is 287 g/mol. The molecule has 0 bridgehead atoms. The van der Waals surface area contributed by atoms with Crippen LogP contribution in [0.4, 0.5) is 24.0 Å². The number of nitrogens with one attached hydrogen (secondary N) is 2. The van der Waals surface area contributed by atoms with E-state index in [2.05, 4.69) is 10.3 Å². The van der Waals surface area contributed by atoms with Gasteiger partial charge in [0.25, 0.3) is 0 Å². The minimum absolute atomic E-state index is 0.0509. The molecule has 21 heavy (non-hydrogen) atoms. The summed E-state index contributed by atoms with van der Waals surface area (Å²) in [5.74, 6) is 0. The summed E-state index contributed by atoms with van der Waals surface area (Å²) >= 11 is 0. The number of hydrogen-bond donors (Lipinski definition) is 2. The van der Waals surface area contributed by atoms with Crippen LogP contribution in [0.1, 0.15) is 17.2 Å². The number of halogens is 3. The number of hydrogen-bond acceptors (Lipinski definition) is 3. The van der Waals surface area contributed by atoms with Crippen LogP contribution in [0.15, 0.2) is 41.1 Å². The van der Waals surface area contributed by atoms with Crippen LogP contribution in [-0.2, 0) is 0 Å². The SMILES string of the molecule is Cc1cccc([C@H](NC(=O)Nc2ncco2)C(F)(F)F)c1. The van der Waals surface area contributed by atoms with Crippen molar-refractivity contribution in [3.63, 3.8) is 0 Å². The van der Waals surface area contributed by atoms with Crippen molar-refractivity contribution in [2.45, 2.75) is 19.1 Å². The Morgan fingerprint density at radius 1 is 1.38 bits per heavy atom. The van der Waals surface area contributed by atoms with E-state index in [4.69, 9.17) is 4.42 Å². The summed E-state index contributed by atoms with van der Waals surface area (Å²) in [5.41, 5.74) is 0.613. The molecule has 0 aliphatic carbocycles. The van der Waals surface area contributed by atoms with Crippen LogP contribution < -0.4 is 10.6 Å². The molecule has 0 aliphatic rings. The van der Waals surface area contributed by atoms with Gasteiger partial charge in [0.2, 0.25) is 0 Å². The molecule has 0 spiro atoms. The number of anilines is 1. The molecule has 2 N–H and O–H groups in total. The first-order valence-electron chi connectivity index (χ1n) is 5.96. The molecule has 112 valence electrons. The zero-order valence-corrected chi connectivity index (χ0v) is 10.9. The minimum Gasteiger partial charge on any atom is -0.432 e. The fourth-order valence-electron chi connectivity index (χ4n) is 1.75. The van der Waals surface area contributed by atoms with Crippen LogP contribution in [0.2, 0.25) is 0 Å². The van der Waals surface area contributed by atoms with Crippen molar-refractivity contribution in [3.8, 4) is 0 Å². The number of nitrogens with zero attached hydrogens (tertiary/aromatic N) is 1. The summed E-state index contributed by atoms with van der Waals surface area (Å²) in [6, 6.07) is 2.48. The maximum atomic E-state index is 13.1. The van der Waals surface area contributed by atoms with Crippen molar-refractivity contribution >= 4 is 12.0 Å². The maximum Gasteiger partial charge on any atom is 0.412 e. The Bertz CT molecular complexity index is 611. The standard InChI is InChI=1S/C13H12F3N3O2/c1-8-3-2-4-9(7-8)10(13(14,15)16)18-11(20)19-12-17-5-6-21-12/h2-7,10H,1H3,(H2,17,18,19,20)/t10-/m0/s1. The normalized spacial score (nSPS) is 12.8. The summed E-state index contributed by atoms with van der Waals surface area (Å²) in [5, 5.41) is 3.94. The van der Waals surface area contributed by atoms with Crippen molar-refractivity contribution < 1.29 is 22.4 Å². The lowest BCUT2D eigenvalue weighted by atomic mass is 10.0. The molecule has 8 heteroatoms. The van der Waals surface area contributed by atoms with E-state index in [9.17, 15) is 18.0 Å². The molecule has 0 saturated carbocycles. The quantitative estimate of drug-likeness (QED) is 0.912. The smallest absolute Gasteiger partial charge is 0.412 e. The number of urea groups is 1. The van der Waals surface area contributed by atoms with E-state index in [1.165, 1.54) is 30.7 Å². The molecule has 2 amide bonds. The Balaban J connectivity index is 2.16. The topological polar surface area (TPSA) is 67.2 Å². The number of carbonyl (C=O) groups excluding carboxylic acids is 1. The predicted molar refractivity (Wildman–Crippen MR) is 68.6 cm³/mol. The molecule has 0 radical (unpaired) electrons. The van der Waals surface area contributed by atoms with E-state index in [0.29, 0.717) is 5.56 Å². The van der Waals surface area contributed by atoms with E-state index in [-0.39, 0.29) is 11.6 Å². The highest BCUT2D eigenvalue weighted by Gasteiger charge is 2.42. The second-order valence-corrected chi connectivity index (χ2v) is 4.32. The molecule has 1 heterocycles. The van der Waals surface area contributed by atoms with E-state index in [1.807, 2.05) is 5.32 Å². The third-order valence-electron chi connectivity index (χ3n) is 2.63. The summed E-state index contributed by atoms with van der Waals surface area (Å²) in [6.07, 6.45) is -2.17. The number of benzene rings is 1. The first-order chi connectivity index (χ1) is 9.86. The van der Waals surface area contributed by atoms with Crippen LogP contribution in [-0.4, -0.2) is 17.2 Å². The lowest BCUT2D eigenvalue weighted by Crippen LogP contribution is -2.40. The maximum absolute atomic E-state index is 13.1. The number of rotatable bonds is 3. The highest BCUT2D eigenvalue weighted by molar-refractivity contribution is 5.87. The molecule has 2 aromatic rings. The van der Waals surface area contributed by atoms with Gasteiger partial charge in [-0.05, 0) is 12.5 Å². The van der Waals surface area contributed by atoms with Gasteiger partial charge in [0.15, 0.2) is 6.04 Å². The summed E-state index contributed by atoms with van der Waals surface area (Å²) in [7, 11) is 0. The zero-order valence-electron chi connectivity index (χ0n) is 10.9. The molecule has 0 fully saturated rings. The second kappa shape index (κ2) is 5.86. The van der Waals surface area contributed by atoms with Crippen LogP contribution in [0.25, 0.3) is 0 Å². The van der Waals surface area contributed by atoms with Gasteiger partial charge in [-0.1, -0.05) is 29.8 Å². The van der Waals surface area contributed by atoms with Gasteiger partial charge < -0.3 is 9.73 Å². The Kier molecular flexibility index (Phi) is 4.15. The van der Waals surface area contributed by atoms with Crippen LogP contribution in [0.3, 0.4) is 0 Å². The highest BCUT2D eigenvalue weighted by Crippen LogP contribution is 2.33. The molecule has 0 aliphatic heterocycles. The molecule has 0 unspecified atom stereocenters. The summed E-state index contributed by atoms with van der Waals surface area (Å²) < 4.78 is 44.0. The number of oxazole rings is 1. The van der Waals surface area contributed by atoms with Gasteiger partial charge in [-0.2, -0.15) is 13.2 Å². The molecule has 0 saturated heterocycles. The van der Waals surface area contributed by atoms with Gasteiger partial charge in [0, 0.05) is 0 Å². The lowest BCUT2D eigenvalue weighted by molar-refractivity contribution is -0.154. The predicted octanol–water partition coefficient (Wildman–Crippen LogP) is 3.41. The Hall–Kier alpha value is -2.51. The molecule has 1 aromatic carbocycles. The lowest BCUT2D eigenvalue weighted by Gasteiger charge is -2.22. The molecule has 1 aromatic heterocycles. The van der Waals surface area contributed by atoms with E-state index in [1.54, 1.807) is 13.0 Å². The minimum atomic E-state index is -4.62. The number of aromatic nitrogens is 1. The molecule has 5 nitrogen and oxygen atoms in total. The fourth-order valence-corrected chi connectivity index (χ4v) is 1.75. The first-order valence-corrected chi connectivity index (χ1v) is 5.96. The second-order valence-electron chi connectivity index (χ2n) is 4.32. The molecular formula is C13H12F3N3O2. The average Bonchev–Trinajstić information content (AvgIpc) is 2.87. The van der Waals surface area contributed by atoms with Crippen molar-refractivity contribution in [1.82, 2.24) is 10.3 Å². The van der Waals surface area contributed by atoms with Gasteiger partial charge in [-0.15, -0.1) is 0 Å². The van der Waals surface area contributed by atoms with Gasteiger partial charge in [-0.25, -0.2) is 9.78 Å². The number of carbonyl (C=O) groups is 1.